The summed E-state index contributed by atoms with van der Waals surface area (Å²) in [7, 11) is 0. The third kappa shape index (κ3) is 4.41. The quantitative estimate of drug-likeness (QED) is 0.268. The molecule has 0 aliphatic carbocycles. The van der Waals surface area contributed by atoms with Crippen LogP contribution in [0.5, 0.6) is 5.75 Å². The first-order valence-corrected chi connectivity index (χ1v) is 10.8. The summed E-state index contributed by atoms with van der Waals surface area (Å²) < 4.78 is 7.65. The largest absolute Gasteiger partial charge is 0.487 e. The van der Waals surface area contributed by atoms with Gasteiger partial charge in [-0.15, -0.1) is 11.8 Å². The molecule has 0 amide bonds. The fourth-order valence-corrected chi connectivity index (χ4v) is 4.09. The first kappa shape index (κ1) is 19.3. The first-order chi connectivity index (χ1) is 15.4. The number of pyridine rings is 1. The lowest BCUT2D eigenvalue weighted by Gasteiger charge is -2.07. The molecule has 5 aromatic rings. The van der Waals surface area contributed by atoms with Crippen LogP contribution in [0.15, 0.2) is 96.5 Å². The van der Waals surface area contributed by atoms with Crippen LogP contribution in [-0.2, 0) is 12.4 Å². The van der Waals surface area contributed by atoms with Gasteiger partial charge in [-0.1, -0.05) is 36.4 Å². The number of aromatic nitrogens is 5. The molecular weight excluding hydrogens is 406 g/mol. The summed E-state index contributed by atoms with van der Waals surface area (Å²) in [5, 5.41) is 6.39. The first-order valence-electron chi connectivity index (χ1n) is 9.85. The van der Waals surface area contributed by atoms with Crippen LogP contribution in [0.2, 0.25) is 0 Å². The van der Waals surface area contributed by atoms with E-state index in [0.29, 0.717) is 6.61 Å². The van der Waals surface area contributed by atoms with Crippen molar-refractivity contribution in [3.05, 3.63) is 103 Å². The highest BCUT2D eigenvalue weighted by Crippen LogP contribution is 2.28. The molecule has 0 fully saturated rings. The molecular formula is C24H19N5OS. The van der Waals surface area contributed by atoms with Crippen molar-refractivity contribution in [2.75, 3.05) is 0 Å². The highest BCUT2D eigenvalue weighted by atomic mass is 32.2. The number of fused-ring (bicyclic) bond motifs is 1. The van der Waals surface area contributed by atoms with Gasteiger partial charge in [-0.25, -0.2) is 14.6 Å². The van der Waals surface area contributed by atoms with Crippen molar-refractivity contribution in [3.63, 3.8) is 0 Å². The molecule has 2 aromatic carbocycles. The maximum Gasteiger partial charge on any atom is 0.167 e. The third-order valence-electron chi connectivity index (χ3n) is 4.74. The molecule has 0 bridgehead atoms. The van der Waals surface area contributed by atoms with E-state index in [2.05, 4.69) is 32.2 Å². The maximum absolute atomic E-state index is 5.81. The predicted molar refractivity (Wildman–Crippen MR) is 121 cm³/mol. The van der Waals surface area contributed by atoms with E-state index in [0.717, 1.165) is 38.9 Å². The van der Waals surface area contributed by atoms with Crippen LogP contribution in [0.1, 0.15) is 11.3 Å². The van der Waals surface area contributed by atoms with Crippen molar-refractivity contribution >= 4 is 22.8 Å². The molecule has 0 aliphatic heterocycles. The van der Waals surface area contributed by atoms with Crippen molar-refractivity contribution in [2.24, 2.45) is 0 Å². The van der Waals surface area contributed by atoms with Gasteiger partial charge in [-0.3, -0.25) is 4.98 Å². The molecule has 0 saturated carbocycles. The second-order valence-corrected chi connectivity index (χ2v) is 7.81. The lowest BCUT2D eigenvalue weighted by atomic mass is 10.2. The van der Waals surface area contributed by atoms with E-state index in [-0.39, 0.29) is 0 Å². The minimum atomic E-state index is 0.458. The summed E-state index contributed by atoms with van der Waals surface area (Å²) in [4.78, 5) is 13.2. The fraction of sp³-hybridized carbons (Fsp3) is 0.0833. The molecule has 0 aliphatic rings. The summed E-state index contributed by atoms with van der Waals surface area (Å²) in [5.41, 5.74) is 3.89. The average molecular weight is 426 g/mol. The van der Waals surface area contributed by atoms with Crippen LogP contribution in [-0.4, -0.2) is 24.7 Å². The summed E-state index contributed by atoms with van der Waals surface area (Å²) in [6, 6.07) is 23.9. The van der Waals surface area contributed by atoms with Crippen molar-refractivity contribution in [1.82, 2.24) is 24.7 Å². The van der Waals surface area contributed by atoms with Crippen molar-refractivity contribution in [3.8, 4) is 11.4 Å². The minimum Gasteiger partial charge on any atom is -0.487 e. The average Bonchev–Trinajstić information content (AvgIpc) is 3.28. The Morgan fingerprint density at radius 2 is 1.68 bits per heavy atom. The number of para-hydroxylation sites is 1. The van der Waals surface area contributed by atoms with Gasteiger partial charge in [-0.05, 0) is 42.0 Å². The molecule has 3 heterocycles. The number of hydrogen-bond acceptors (Lipinski definition) is 6. The zero-order valence-electron chi connectivity index (χ0n) is 16.6. The molecule has 152 valence electrons. The van der Waals surface area contributed by atoms with Gasteiger partial charge in [0.15, 0.2) is 5.65 Å². The Balaban J connectivity index is 1.26. The highest BCUT2D eigenvalue weighted by molar-refractivity contribution is 7.98. The standard InChI is InChI=1S/C24H19N5OS/c1-2-7-20(8-3-1)29-23-22(14-28-29)24(27-17-26-23)31-16-18-9-11-21(12-10-18)30-15-19-6-4-5-13-25-19/h1-14,17H,15-16H2. The second-order valence-electron chi connectivity index (χ2n) is 6.85. The second kappa shape index (κ2) is 8.97. The lowest BCUT2D eigenvalue weighted by molar-refractivity contribution is 0.301. The van der Waals surface area contributed by atoms with Crippen LogP contribution < -0.4 is 4.74 Å². The van der Waals surface area contributed by atoms with Crippen LogP contribution in [0.25, 0.3) is 16.7 Å². The maximum atomic E-state index is 5.81. The van der Waals surface area contributed by atoms with Crippen molar-refractivity contribution < 1.29 is 4.74 Å². The Morgan fingerprint density at radius 1 is 0.839 bits per heavy atom. The van der Waals surface area contributed by atoms with Crippen LogP contribution >= 0.6 is 11.8 Å². The van der Waals surface area contributed by atoms with E-state index in [1.807, 2.05) is 71.5 Å². The minimum absolute atomic E-state index is 0.458. The predicted octanol–water partition coefficient (Wildman–Crippen LogP) is 5.08. The molecule has 5 rings (SSSR count). The number of nitrogens with zero attached hydrogens (tertiary/aromatic N) is 5. The summed E-state index contributed by atoms with van der Waals surface area (Å²) >= 11 is 1.67. The number of benzene rings is 2. The van der Waals surface area contributed by atoms with E-state index < -0.39 is 0 Å². The molecule has 0 radical (unpaired) electrons. The van der Waals surface area contributed by atoms with E-state index >= 15 is 0 Å². The molecule has 0 spiro atoms. The van der Waals surface area contributed by atoms with Crippen LogP contribution in [0.3, 0.4) is 0 Å². The van der Waals surface area contributed by atoms with Gasteiger partial charge in [-0.2, -0.15) is 5.10 Å². The van der Waals surface area contributed by atoms with Crippen LogP contribution in [0, 0.1) is 0 Å². The van der Waals surface area contributed by atoms with Crippen molar-refractivity contribution in [1.29, 1.82) is 0 Å². The van der Waals surface area contributed by atoms with E-state index in [1.54, 1.807) is 24.3 Å². The Kier molecular flexibility index (Phi) is 5.58. The molecule has 31 heavy (non-hydrogen) atoms. The Hall–Kier alpha value is -3.71. The van der Waals surface area contributed by atoms with E-state index in [1.165, 1.54) is 5.56 Å². The summed E-state index contributed by atoms with van der Waals surface area (Å²) in [6.07, 6.45) is 5.20. The zero-order valence-corrected chi connectivity index (χ0v) is 17.4. The number of hydrogen-bond donors (Lipinski definition) is 0. The third-order valence-corrected chi connectivity index (χ3v) is 5.82. The van der Waals surface area contributed by atoms with Gasteiger partial charge < -0.3 is 4.74 Å². The number of thioether (sulfide) groups is 1. The SMILES string of the molecule is c1ccc(-n2ncc3c(SCc4ccc(OCc5ccccn5)cc4)ncnc32)cc1. The lowest BCUT2D eigenvalue weighted by Crippen LogP contribution is -1.98. The summed E-state index contributed by atoms with van der Waals surface area (Å²) in [6.45, 7) is 0.458. The zero-order chi connectivity index (χ0) is 20.9. The topological polar surface area (TPSA) is 65.7 Å². The van der Waals surface area contributed by atoms with Gasteiger partial charge in [0, 0.05) is 11.9 Å². The van der Waals surface area contributed by atoms with Gasteiger partial charge in [0.25, 0.3) is 0 Å². The molecule has 3 aromatic heterocycles. The normalized spacial score (nSPS) is 11.0. The van der Waals surface area contributed by atoms with Crippen molar-refractivity contribution in [2.45, 2.75) is 17.4 Å². The Bertz CT molecular complexity index is 1270. The molecule has 6 nitrogen and oxygen atoms in total. The number of rotatable bonds is 7. The smallest absolute Gasteiger partial charge is 0.167 e. The van der Waals surface area contributed by atoms with Gasteiger partial charge in [0.1, 0.15) is 23.7 Å². The molecule has 0 unspecified atom stereocenters. The highest BCUT2D eigenvalue weighted by Gasteiger charge is 2.11. The molecule has 7 heteroatoms. The van der Waals surface area contributed by atoms with Gasteiger partial charge in [0.2, 0.25) is 0 Å². The van der Waals surface area contributed by atoms with Gasteiger partial charge >= 0.3 is 0 Å². The molecule has 0 atom stereocenters. The molecule has 0 N–H and O–H groups in total. The fourth-order valence-electron chi connectivity index (χ4n) is 3.17. The summed E-state index contributed by atoms with van der Waals surface area (Å²) in [5.74, 6) is 1.62. The number of ether oxygens (including phenoxy) is 1. The van der Waals surface area contributed by atoms with E-state index in [4.69, 9.17) is 4.74 Å². The molecule has 0 saturated heterocycles. The van der Waals surface area contributed by atoms with E-state index in [9.17, 15) is 0 Å². The van der Waals surface area contributed by atoms with Crippen LogP contribution in [0.4, 0.5) is 0 Å². The van der Waals surface area contributed by atoms with Gasteiger partial charge in [0.05, 0.1) is 23.0 Å². The Labute approximate surface area is 184 Å². The monoisotopic (exact) mass is 425 g/mol. The Morgan fingerprint density at radius 3 is 2.48 bits per heavy atom.